The summed E-state index contributed by atoms with van der Waals surface area (Å²) in [6.45, 7) is 6.52. The normalized spacial score (nSPS) is 12.0. The van der Waals surface area contributed by atoms with Crippen LogP contribution in [0.5, 0.6) is 5.75 Å². The van der Waals surface area contributed by atoms with E-state index < -0.39 is 10.7 Å². The molecule has 0 aliphatic heterocycles. The predicted octanol–water partition coefficient (Wildman–Crippen LogP) is 3.87. The minimum atomic E-state index is -0.636. The van der Waals surface area contributed by atoms with E-state index in [-0.39, 0.29) is 16.7 Å². The van der Waals surface area contributed by atoms with Gasteiger partial charge in [-0.1, -0.05) is 32.3 Å². The van der Waals surface area contributed by atoms with Gasteiger partial charge in [0.15, 0.2) is 0 Å². The van der Waals surface area contributed by atoms with Crippen molar-refractivity contribution < 1.29 is 15.2 Å². The van der Waals surface area contributed by atoms with Crippen molar-refractivity contribution in [1.82, 2.24) is 0 Å². The number of nitrogens with zero attached hydrogens (tertiary/aromatic N) is 2. The van der Waals surface area contributed by atoms with E-state index >= 15 is 0 Å². The van der Waals surface area contributed by atoms with Gasteiger partial charge in [0.2, 0.25) is 5.75 Å². The summed E-state index contributed by atoms with van der Waals surface area (Å²) in [6.07, 6.45) is 4.71. The predicted molar refractivity (Wildman–Crippen MR) is 81.2 cm³/mol. The third-order valence-electron chi connectivity index (χ3n) is 3.21. The van der Waals surface area contributed by atoms with E-state index in [2.05, 4.69) is 25.9 Å². The van der Waals surface area contributed by atoms with Gasteiger partial charge in [-0.15, -0.1) is 0 Å². The van der Waals surface area contributed by atoms with Crippen LogP contribution in [0.3, 0.4) is 0 Å². The number of aryl methyl sites for hydroxylation is 1. The number of aromatic hydroxyl groups is 1. The zero-order valence-electron chi connectivity index (χ0n) is 12.7. The van der Waals surface area contributed by atoms with Crippen molar-refractivity contribution in [3.8, 4) is 5.75 Å². The van der Waals surface area contributed by atoms with Gasteiger partial charge in [-0.05, 0) is 36.3 Å². The SMILES string of the molecule is CC(C)(C)CCCCc1cc(/C=N/O)c(O)c([N+](=O)[O-])c1. The molecule has 0 saturated carbocycles. The van der Waals surface area contributed by atoms with E-state index in [9.17, 15) is 15.2 Å². The highest BCUT2D eigenvalue weighted by atomic mass is 16.6. The van der Waals surface area contributed by atoms with Gasteiger partial charge in [0, 0.05) is 11.6 Å². The second-order valence-electron chi connectivity index (χ2n) is 6.32. The third-order valence-corrected chi connectivity index (χ3v) is 3.21. The molecule has 0 aromatic heterocycles. The lowest BCUT2D eigenvalue weighted by Crippen LogP contribution is -2.04. The molecule has 21 heavy (non-hydrogen) atoms. The molecule has 0 spiro atoms. The molecule has 0 aliphatic rings. The Morgan fingerprint density at radius 1 is 1.33 bits per heavy atom. The summed E-state index contributed by atoms with van der Waals surface area (Å²) in [5, 5.41) is 32.1. The molecule has 6 nitrogen and oxygen atoms in total. The van der Waals surface area contributed by atoms with Crippen molar-refractivity contribution in [1.29, 1.82) is 0 Å². The maximum atomic E-state index is 10.9. The van der Waals surface area contributed by atoms with Gasteiger partial charge in [0.05, 0.1) is 11.1 Å². The van der Waals surface area contributed by atoms with Gasteiger partial charge < -0.3 is 10.3 Å². The summed E-state index contributed by atoms with van der Waals surface area (Å²) in [5.74, 6) is -0.476. The first-order chi connectivity index (χ1) is 9.74. The largest absolute Gasteiger partial charge is 0.502 e. The van der Waals surface area contributed by atoms with E-state index in [4.69, 9.17) is 5.21 Å². The lowest BCUT2D eigenvalue weighted by Gasteiger charge is -2.17. The Morgan fingerprint density at radius 3 is 2.52 bits per heavy atom. The average Bonchev–Trinajstić information content (AvgIpc) is 2.36. The standard InChI is InChI=1S/C15H22N2O4/c1-15(2,3)7-5-4-6-11-8-12(10-16-19)14(18)13(9-11)17(20)21/h8-10,18-19H,4-7H2,1-3H3/b16-10+. The Kier molecular flexibility index (Phi) is 5.69. The molecule has 0 aliphatic carbocycles. The van der Waals surface area contributed by atoms with Crippen molar-refractivity contribution >= 4 is 11.9 Å². The molecular formula is C15H22N2O4. The van der Waals surface area contributed by atoms with Crippen molar-refractivity contribution in [2.75, 3.05) is 0 Å². The van der Waals surface area contributed by atoms with Gasteiger partial charge in [-0.25, -0.2) is 0 Å². The first-order valence-electron chi connectivity index (χ1n) is 6.92. The number of oxime groups is 1. The molecule has 1 rings (SSSR count). The Labute approximate surface area is 124 Å². The molecule has 116 valence electrons. The molecule has 0 atom stereocenters. The minimum Gasteiger partial charge on any atom is -0.502 e. The number of nitro groups is 1. The molecule has 0 heterocycles. The molecule has 1 aromatic carbocycles. The van der Waals surface area contributed by atoms with Crippen LogP contribution in [0, 0.1) is 15.5 Å². The van der Waals surface area contributed by atoms with E-state index in [0.29, 0.717) is 6.42 Å². The second-order valence-corrected chi connectivity index (χ2v) is 6.32. The fraction of sp³-hybridized carbons (Fsp3) is 0.533. The number of benzene rings is 1. The van der Waals surface area contributed by atoms with E-state index in [0.717, 1.165) is 31.0 Å². The summed E-state index contributed by atoms with van der Waals surface area (Å²) in [5.41, 5.74) is 0.814. The number of rotatable bonds is 6. The highest BCUT2D eigenvalue weighted by Gasteiger charge is 2.18. The summed E-state index contributed by atoms with van der Waals surface area (Å²) in [6, 6.07) is 2.99. The van der Waals surface area contributed by atoms with E-state index in [1.54, 1.807) is 6.07 Å². The zero-order valence-corrected chi connectivity index (χ0v) is 12.7. The highest BCUT2D eigenvalue weighted by Crippen LogP contribution is 2.31. The lowest BCUT2D eigenvalue weighted by atomic mass is 9.89. The summed E-state index contributed by atoms with van der Waals surface area (Å²) in [7, 11) is 0. The molecular weight excluding hydrogens is 272 g/mol. The van der Waals surface area contributed by atoms with Gasteiger partial charge in [0.25, 0.3) is 0 Å². The van der Waals surface area contributed by atoms with Gasteiger partial charge in [-0.3, -0.25) is 10.1 Å². The van der Waals surface area contributed by atoms with Crippen LogP contribution in [0.2, 0.25) is 0 Å². The molecule has 0 bridgehead atoms. The molecule has 6 heteroatoms. The summed E-state index contributed by atoms with van der Waals surface area (Å²) < 4.78 is 0. The van der Waals surface area contributed by atoms with E-state index in [1.807, 2.05) is 0 Å². The van der Waals surface area contributed by atoms with Crippen LogP contribution in [0.15, 0.2) is 17.3 Å². The summed E-state index contributed by atoms with van der Waals surface area (Å²) >= 11 is 0. The Balaban J connectivity index is 2.85. The Bertz CT molecular complexity index is 533. The first kappa shape index (κ1) is 16.9. The number of phenols is 1. The highest BCUT2D eigenvalue weighted by molar-refractivity contribution is 5.85. The molecule has 0 fully saturated rings. The van der Waals surface area contributed by atoms with Crippen LogP contribution in [-0.4, -0.2) is 21.5 Å². The number of nitro benzene ring substituents is 1. The molecule has 1 aromatic rings. The third kappa shape index (κ3) is 5.41. The second kappa shape index (κ2) is 7.06. The molecule has 0 unspecified atom stereocenters. The number of unbranched alkanes of at least 4 members (excludes halogenated alkanes) is 1. The fourth-order valence-electron chi connectivity index (χ4n) is 2.13. The van der Waals surface area contributed by atoms with Crippen molar-refractivity contribution in [3.05, 3.63) is 33.4 Å². The molecule has 2 N–H and O–H groups in total. The Hall–Kier alpha value is -2.11. The van der Waals surface area contributed by atoms with Crippen LogP contribution in [0.4, 0.5) is 5.69 Å². The van der Waals surface area contributed by atoms with E-state index in [1.165, 1.54) is 6.07 Å². The Morgan fingerprint density at radius 2 is 2.00 bits per heavy atom. The minimum absolute atomic E-state index is 0.150. The summed E-state index contributed by atoms with van der Waals surface area (Å²) in [4.78, 5) is 10.3. The molecule has 0 amide bonds. The van der Waals surface area contributed by atoms with Gasteiger partial charge >= 0.3 is 5.69 Å². The van der Waals surface area contributed by atoms with Crippen LogP contribution < -0.4 is 0 Å². The van der Waals surface area contributed by atoms with Crippen molar-refractivity contribution in [2.45, 2.75) is 46.5 Å². The fourth-order valence-corrected chi connectivity index (χ4v) is 2.13. The first-order valence-corrected chi connectivity index (χ1v) is 6.92. The van der Waals surface area contributed by atoms with Gasteiger partial charge in [-0.2, -0.15) is 0 Å². The quantitative estimate of drug-likeness (QED) is 0.274. The van der Waals surface area contributed by atoms with Crippen LogP contribution in [-0.2, 0) is 6.42 Å². The van der Waals surface area contributed by atoms with Crippen molar-refractivity contribution in [2.24, 2.45) is 10.6 Å². The zero-order chi connectivity index (χ0) is 16.0. The average molecular weight is 294 g/mol. The molecule has 0 saturated heterocycles. The maximum absolute atomic E-state index is 10.9. The topological polar surface area (TPSA) is 96.0 Å². The van der Waals surface area contributed by atoms with Crippen LogP contribution >= 0.6 is 0 Å². The molecule has 0 radical (unpaired) electrons. The smallest absolute Gasteiger partial charge is 0.311 e. The van der Waals surface area contributed by atoms with Crippen LogP contribution in [0.1, 0.15) is 51.2 Å². The number of hydrogen-bond donors (Lipinski definition) is 2. The monoisotopic (exact) mass is 294 g/mol. The number of phenolic OH excluding ortho intramolecular Hbond substituents is 1. The van der Waals surface area contributed by atoms with Crippen molar-refractivity contribution in [3.63, 3.8) is 0 Å². The number of hydrogen-bond acceptors (Lipinski definition) is 5. The maximum Gasteiger partial charge on any atom is 0.311 e. The lowest BCUT2D eigenvalue weighted by molar-refractivity contribution is -0.385. The van der Waals surface area contributed by atoms with Gasteiger partial charge in [0.1, 0.15) is 0 Å². The van der Waals surface area contributed by atoms with Crippen LogP contribution in [0.25, 0.3) is 0 Å².